The van der Waals surface area contributed by atoms with E-state index in [1.165, 1.54) is 45.1 Å². The molecule has 5 heteroatoms. The van der Waals surface area contributed by atoms with Gasteiger partial charge < -0.3 is 10.6 Å². The molecule has 0 radical (unpaired) electrons. The Hall–Kier alpha value is -0.680. The summed E-state index contributed by atoms with van der Waals surface area (Å²) < 4.78 is 0. The minimum absolute atomic E-state index is 0.211. The molecule has 2 rings (SSSR count). The molecular formula is C16H29N3OS. The van der Waals surface area contributed by atoms with E-state index in [1.54, 1.807) is 4.90 Å². The highest BCUT2D eigenvalue weighted by Gasteiger charge is 2.33. The summed E-state index contributed by atoms with van der Waals surface area (Å²) in [5.41, 5.74) is 5.49. The molecule has 0 aromatic carbocycles. The van der Waals surface area contributed by atoms with Crippen molar-refractivity contribution in [2.45, 2.75) is 57.4 Å². The average molecular weight is 311 g/mol. The average Bonchev–Trinajstić information content (AvgIpc) is 3.11. The molecule has 1 saturated heterocycles. The second-order valence-electron chi connectivity index (χ2n) is 6.57. The highest BCUT2D eigenvalue weighted by molar-refractivity contribution is 7.80. The first kappa shape index (κ1) is 16.7. The van der Waals surface area contributed by atoms with Gasteiger partial charge in [0, 0.05) is 39.0 Å². The summed E-state index contributed by atoms with van der Waals surface area (Å²) in [6.07, 6.45) is 9.45. The van der Waals surface area contributed by atoms with Gasteiger partial charge in [-0.3, -0.25) is 9.69 Å². The Morgan fingerprint density at radius 3 is 2.62 bits per heavy atom. The molecule has 1 saturated carbocycles. The van der Waals surface area contributed by atoms with Crippen LogP contribution in [0.1, 0.15) is 51.4 Å². The zero-order valence-corrected chi connectivity index (χ0v) is 14.0. The lowest BCUT2D eigenvalue weighted by atomic mass is 9.96. The van der Waals surface area contributed by atoms with Crippen LogP contribution in [0.4, 0.5) is 0 Å². The van der Waals surface area contributed by atoms with Gasteiger partial charge in [-0.1, -0.05) is 25.1 Å². The molecule has 0 aromatic rings. The van der Waals surface area contributed by atoms with E-state index >= 15 is 0 Å². The van der Waals surface area contributed by atoms with E-state index in [9.17, 15) is 4.79 Å². The first-order chi connectivity index (χ1) is 10.1. The molecule has 1 aliphatic heterocycles. The van der Waals surface area contributed by atoms with Gasteiger partial charge in [0.2, 0.25) is 5.91 Å². The van der Waals surface area contributed by atoms with E-state index in [1.807, 2.05) is 7.05 Å². The summed E-state index contributed by atoms with van der Waals surface area (Å²) >= 11 is 4.86. The van der Waals surface area contributed by atoms with Gasteiger partial charge in [0.05, 0.1) is 4.99 Å². The number of likely N-dealkylation sites (tertiary alicyclic amines) is 1. The molecule has 0 aromatic heterocycles. The van der Waals surface area contributed by atoms with E-state index < -0.39 is 0 Å². The van der Waals surface area contributed by atoms with Crippen molar-refractivity contribution >= 4 is 23.1 Å². The van der Waals surface area contributed by atoms with Crippen molar-refractivity contribution in [2.75, 3.05) is 26.7 Å². The van der Waals surface area contributed by atoms with Gasteiger partial charge in [-0.05, 0) is 38.1 Å². The van der Waals surface area contributed by atoms with E-state index in [0.717, 1.165) is 18.5 Å². The Morgan fingerprint density at radius 2 is 1.95 bits per heavy atom. The molecule has 1 aliphatic carbocycles. The Balaban J connectivity index is 1.73. The number of rotatable bonds is 7. The van der Waals surface area contributed by atoms with Crippen LogP contribution in [-0.4, -0.2) is 53.4 Å². The largest absolute Gasteiger partial charge is 0.393 e. The van der Waals surface area contributed by atoms with Gasteiger partial charge in [-0.25, -0.2) is 0 Å². The van der Waals surface area contributed by atoms with E-state index in [0.29, 0.717) is 24.4 Å². The maximum absolute atomic E-state index is 12.2. The van der Waals surface area contributed by atoms with Crippen molar-refractivity contribution in [2.24, 2.45) is 11.7 Å². The number of thiocarbonyl (C=S) groups is 1. The smallest absolute Gasteiger partial charge is 0.223 e. The lowest BCUT2D eigenvalue weighted by Gasteiger charge is -2.29. The van der Waals surface area contributed by atoms with Crippen LogP contribution in [0.5, 0.6) is 0 Å². The first-order valence-corrected chi connectivity index (χ1v) is 8.75. The van der Waals surface area contributed by atoms with Crippen LogP contribution in [0.3, 0.4) is 0 Å². The highest BCUT2D eigenvalue weighted by atomic mass is 32.1. The molecule has 21 heavy (non-hydrogen) atoms. The third-order valence-corrected chi connectivity index (χ3v) is 5.29. The van der Waals surface area contributed by atoms with E-state index in [2.05, 4.69) is 4.90 Å². The maximum Gasteiger partial charge on any atom is 0.223 e. The fraction of sp³-hybridized carbons (Fsp3) is 0.875. The van der Waals surface area contributed by atoms with Crippen molar-refractivity contribution in [3.63, 3.8) is 0 Å². The lowest BCUT2D eigenvalue weighted by Crippen LogP contribution is -2.38. The number of carbonyl (C=O) groups is 1. The molecule has 1 unspecified atom stereocenters. The van der Waals surface area contributed by atoms with Gasteiger partial charge in [-0.2, -0.15) is 0 Å². The fourth-order valence-electron chi connectivity index (χ4n) is 3.84. The van der Waals surface area contributed by atoms with Crippen molar-refractivity contribution in [3.8, 4) is 0 Å². The topological polar surface area (TPSA) is 49.6 Å². The monoisotopic (exact) mass is 311 g/mol. The molecule has 4 nitrogen and oxygen atoms in total. The number of nitrogens with two attached hydrogens (primary N) is 1. The number of nitrogens with zero attached hydrogens (tertiary/aromatic N) is 2. The first-order valence-electron chi connectivity index (χ1n) is 8.34. The van der Waals surface area contributed by atoms with Gasteiger partial charge in [0.15, 0.2) is 0 Å². The molecule has 2 aliphatic rings. The molecular weight excluding hydrogens is 282 g/mol. The Morgan fingerprint density at radius 1 is 1.24 bits per heavy atom. The van der Waals surface area contributed by atoms with Gasteiger partial charge in [-0.15, -0.1) is 0 Å². The zero-order chi connectivity index (χ0) is 15.2. The van der Waals surface area contributed by atoms with E-state index in [-0.39, 0.29) is 5.91 Å². The number of hydrogen-bond donors (Lipinski definition) is 1. The number of carbonyl (C=O) groups excluding carboxylic acids is 1. The van der Waals surface area contributed by atoms with Gasteiger partial charge in [0.25, 0.3) is 0 Å². The molecule has 2 N–H and O–H groups in total. The molecule has 1 heterocycles. The number of hydrogen-bond acceptors (Lipinski definition) is 3. The van der Waals surface area contributed by atoms with Crippen molar-refractivity contribution < 1.29 is 4.79 Å². The van der Waals surface area contributed by atoms with Crippen LogP contribution in [0.15, 0.2) is 0 Å². The molecule has 2 fully saturated rings. The van der Waals surface area contributed by atoms with Crippen LogP contribution in [0, 0.1) is 5.92 Å². The lowest BCUT2D eigenvalue weighted by molar-refractivity contribution is -0.130. The molecule has 120 valence electrons. The summed E-state index contributed by atoms with van der Waals surface area (Å²) in [5.74, 6) is 1.10. The fourth-order valence-corrected chi connectivity index (χ4v) is 3.93. The van der Waals surface area contributed by atoms with E-state index in [4.69, 9.17) is 18.0 Å². The molecule has 0 spiro atoms. The van der Waals surface area contributed by atoms with Crippen LogP contribution in [0.25, 0.3) is 0 Å². The molecule has 1 amide bonds. The van der Waals surface area contributed by atoms with Crippen molar-refractivity contribution in [1.82, 2.24) is 9.80 Å². The minimum atomic E-state index is 0.211. The van der Waals surface area contributed by atoms with Gasteiger partial charge in [0.1, 0.15) is 0 Å². The Kier molecular flexibility index (Phi) is 6.42. The summed E-state index contributed by atoms with van der Waals surface area (Å²) in [7, 11) is 1.85. The molecule has 0 bridgehead atoms. The summed E-state index contributed by atoms with van der Waals surface area (Å²) in [6.45, 7) is 2.72. The van der Waals surface area contributed by atoms with Crippen molar-refractivity contribution in [1.29, 1.82) is 0 Å². The van der Waals surface area contributed by atoms with Gasteiger partial charge >= 0.3 is 0 Å². The third kappa shape index (κ3) is 4.92. The Labute approximate surface area is 134 Å². The minimum Gasteiger partial charge on any atom is -0.393 e. The maximum atomic E-state index is 12.2. The zero-order valence-electron chi connectivity index (χ0n) is 13.2. The third-order valence-electron chi connectivity index (χ3n) is 5.09. The quantitative estimate of drug-likeness (QED) is 0.732. The summed E-state index contributed by atoms with van der Waals surface area (Å²) in [6, 6.07) is 0.738. The summed E-state index contributed by atoms with van der Waals surface area (Å²) in [4.78, 5) is 17.0. The van der Waals surface area contributed by atoms with Crippen LogP contribution < -0.4 is 5.73 Å². The predicted molar refractivity (Wildman–Crippen MR) is 90.2 cm³/mol. The van der Waals surface area contributed by atoms with Crippen molar-refractivity contribution in [3.05, 3.63) is 0 Å². The Bertz CT molecular complexity index is 369. The molecule has 1 atom stereocenters. The standard InChI is InChI=1S/C16H29N3OS/c1-18(11-8-15(17)21)16(20)9-12-19-10-4-7-14(19)13-5-2-3-6-13/h13-14H,2-12H2,1H3,(H2,17,21). The normalized spacial score (nSPS) is 23.6. The van der Waals surface area contributed by atoms with Crippen LogP contribution in [0.2, 0.25) is 0 Å². The SMILES string of the molecule is CN(CCC(N)=S)C(=O)CCN1CCCC1C1CCCC1. The van der Waals surface area contributed by atoms with Crippen LogP contribution >= 0.6 is 12.2 Å². The van der Waals surface area contributed by atoms with Crippen LogP contribution in [-0.2, 0) is 4.79 Å². The predicted octanol–water partition coefficient (Wildman–Crippen LogP) is 2.17. The second kappa shape index (κ2) is 8.08. The highest BCUT2D eigenvalue weighted by Crippen LogP contribution is 2.35. The summed E-state index contributed by atoms with van der Waals surface area (Å²) in [5, 5.41) is 0. The second-order valence-corrected chi connectivity index (χ2v) is 7.10. The number of amides is 1.